The van der Waals surface area contributed by atoms with Gasteiger partial charge in [0.15, 0.2) is 0 Å². The van der Waals surface area contributed by atoms with E-state index in [9.17, 15) is 39.0 Å². The van der Waals surface area contributed by atoms with Crippen LogP contribution in [-0.4, -0.2) is 114 Å². The van der Waals surface area contributed by atoms with Gasteiger partial charge in [-0.1, -0.05) is 27.7 Å². The van der Waals surface area contributed by atoms with Crippen LogP contribution in [0.15, 0.2) is 24.3 Å². The second kappa shape index (κ2) is 19.4. The number of carboxylic acids is 2. The average molecular weight is 769 g/mol. The molecule has 0 atom stereocenters. The zero-order valence-electron chi connectivity index (χ0n) is 31.4. The van der Waals surface area contributed by atoms with E-state index in [1.54, 1.807) is 0 Å². The van der Waals surface area contributed by atoms with Gasteiger partial charge in [0.05, 0.1) is 52.7 Å². The summed E-state index contributed by atoms with van der Waals surface area (Å²) in [6.07, 6.45) is -0.945. The molecule has 2 N–H and O–H groups in total. The van der Waals surface area contributed by atoms with Crippen LogP contribution in [0.1, 0.15) is 51.7 Å². The molecule has 0 aromatic heterocycles. The van der Waals surface area contributed by atoms with Crippen molar-refractivity contribution in [2.45, 2.75) is 51.4 Å². The zero-order chi connectivity index (χ0) is 41.0. The van der Waals surface area contributed by atoms with Crippen molar-refractivity contribution in [1.29, 1.82) is 0 Å². The molecule has 54 heavy (non-hydrogen) atoms. The summed E-state index contributed by atoms with van der Waals surface area (Å²) in [5.74, 6) is -7.65. The molecule has 0 fully saturated rings. The van der Waals surface area contributed by atoms with Crippen molar-refractivity contribution in [2.75, 3.05) is 77.6 Å². The summed E-state index contributed by atoms with van der Waals surface area (Å²) < 4.78 is 62.1. The van der Waals surface area contributed by atoms with E-state index >= 15 is 8.78 Å². The number of carboxylic acid groups (broad SMARTS) is 2. The smallest absolute Gasteiger partial charge is 0.325 e. The first-order valence-corrected chi connectivity index (χ1v) is 16.3. The number of ether oxygens (including phenoxy) is 6. The third-order valence-electron chi connectivity index (χ3n) is 8.21. The van der Waals surface area contributed by atoms with Crippen molar-refractivity contribution in [3.05, 3.63) is 47.0 Å². The van der Waals surface area contributed by atoms with Crippen LogP contribution < -0.4 is 19.3 Å². The van der Waals surface area contributed by atoms with Gasteiger partial charge >= 0.3 is 35.8 Å². The fourth-order valence-electron chi connectivity index (χ4n) is 5.43. The van der Waals surface area contributed by atoms with Gasteiger partial charge in [-0.05, 0) is 23.3 Å². The Kier molecular flexibility index (Phi) is 16.0. The Morgan fingerprint density at radius 1 is 0.556 bits per heavy atom. The fraction of sp³-hybridized carbons (Fsp3) is 0.500. The molecule has 0 heterocycles. The minimum absolute atomic E-state index is 0.000238. The lowest BCUT2D eigenvalue weighted by atomic mass is 9.81. The Morgan fingerprint density at radius 3 is 1.07 bits per heavy atom. The molecule has 0 bridgehead atoms. The summed E-state index contributed by atoms with van der Waals surface area (Å²) in [5, 5.41) is 18.9. The topological polar surface area (TPSA) is 205 Å². The van der Waals surface area contributed by atoms with Crippen LogP contribution >= 0.6 is 0 Å². The van der Waals surface area contributed by atoms with E-state index in [0.717, 1.165) is 40.6 Å². The van der Waals surface area contributed by atoms with Gasteiger partial charge < -0.3 is 48.4 Å². The maximum Gasteiger partial charge on any atom is 0.325 e. The molecule has 0 radical (unpaired) electrons. The third-order valence-corrected chi connectivity index (χ3v) is 8.21. The second-order valence-corrected chi connectivity index (χ2v) is 13.2. The highest BCUT2D eigenvalue weighted by Gasteiger charge is 2.33. The third kappa shape index (κ3) is 12.5. The summed E-state index contributed by atoms with van der Waals surface area (Å²) in [7, 11) is 4.48. The van der Waals surface area contributed by atoms with E-state index < -0.39 is 97.3 Å². The van der Waals surface area contributed by atoms with E-state index in [2.05, 4.69) is 0 Å². The molecule has 0 saturated carbocycles. The van der Waals surface area contributed by atoms with Gasteiger partial charge in [0.25, 0.3) is 0 Å². The quantitative estimate of drug-likeness (QED) is 0.106. The maximum absolute atomic E-state index is 15.7. The molecule has 0 amide bonds. The molecule has 0 aliphatic rings. The molecule has 0 spiro atoms. The van der Waals surface area contributed by atoms with Crippen molar-refractivity contribution in [1.82, 2.24) is 0 Å². The molecule has 2 aromatic carbocycles. The number of anilines is 2. The molecule has 0 unspecified atom stereocenters. The highest BCUT2D eigenvalue weighted by atomic mass is 19.1. The Balaban J connectivity index is 2.64. The number of methoxy groups -OCH3 is 4. The molecular weight excluding hydrogens is 722 g/mol. The first kappa shape index (κ1) is 44.5. The van der Waals surface area contributed by atoms with Crippen LogP contribution in [0.4, 0.5) is 20.2 Å². The average Bonchev–Trinajstić information content (AvgIpc) is 3.07. The standard InChI is InChI=1S/C36H46F2N2O14/c1-35(2,15-29(41)42)21-11-25(39(17-31(45)49-5)18-32(46)50-6)27(13-23(21)37)53-9-10-54-28-14-24(38)22(36(3,4)16-30(43)44)12-26(28)40(19-33(47)51-7)20-34(48)52-8/h11-14H,9-10,15-20H2,1-8H3,(H,41,42)(H,43,44). The number of rotatable bonds is 21. The fourth-order valence-corrected chi connectivity index (χ4v) is 5.43. The number of carbonyl (C=O) groups is 6. The van der Waals surface area contributed by atoms with Crippen molar-refractivity contribution < 1.29 is 76.2 Å². The molecule has 2 aromatic rings. The van der Waals surface area contributed by atoms with Crippen molar-refractivity contribution in [3.63, 3.8) is 0 Å². The van der Waals surface area contributed by atoms with Crippen LogP contribution in [0.25, 0.3) is 0 Å². The lowest BCUT2D eigenvalue weighted by Gasteiger charge is -2.30. The van der Waals surface area contributed by atoms with Crippen LogP contribution in [0.5, 0.6) is 11.5 Å². The van der Waals surface area contributed by atoms with Gasteiger partial charge in [-0.2, -0.15) is 0 Å². The predicted octanol–water partition coefficient (Wildman–Crippen LogP) is 3.23. The van der Waals surface area contributed by atoms with Crippen LogP contribution in [0.2, 0.25) is 0 Å². The van der Waals surface area contributed by atoms with Gasteiger partial charge in [0, 0.05) is 23.0 Å². The zero-order valence-corrected chi connectivity index (χ0v) is 31.4. The summed E-state index contributed by atoms with van der Waals surface area (Å²) in [5.41, 5.74) is -2.66. The number of halogens is 2. The molecular formula is C36H46F2N2O14. The van der Waals surface area contributed by atoms with E-state index in [1.807, 2.05) is 0 Å². The molecule has 298 valence electrons. The van der Waals surface area contributed by atoms with E-state index in [0.29, 0.717) is 0 Å². The van der Waals surface area contributed by atoms with E-state index in [-0.39, 0.29) is 47.2 Å². The SMILES string of the molecule is COC(=O)CN(CC(=O)OC)c1cc(C(C)(C)CC(=O)O)c(F)cc1OCCOc1cc(F)c(C(C)(C)CC(=O)O)cc1N(CC(=O)OC)CC(=O)OC. The normalized spacial score (nSPS) is 11.2. The van der Waals surface area contributed by atoms with Gasteiger partial charge in [0.1, 0.15) is 62.5 Å². The van der Waals surface area contributed by atoms with Crippen molar-refractivity contribution in [2.24, 2.45) is 0 Å². The van der Waals surface area contributed by atoms with Gasteiger partial charge in [-0.25, -0.2) is 8.78 Å². The number of benzene rings is 2. The van der Waals surface area contributed by atoms with Crippen LogP contribution in [-0.2, 0) is 58.5 Å². The molecule has 0 saturated heterocycles. The predicted molar refractivity (Wildman–Crippen MR) is 187 cm³/mol. The highest BCUT2D eigenvalue weighted by molar-refractivity contribution is 5.84. The first-order chi connectivity index (χ1) is 25.2. The lowest BCUT2D eigenvalue weighted by Crippen LogP contribution is -2.36. The Bertz CT molecular complexity index is 1550. The summed E-state index contributed by atoms with van der Waals surface area (Å²) in [6, 6.07) is 4.41. The summed E-state index contributed by atoms with van der Waals surface area (Å²) >= 11 is 0. The molecule has 0 aliphatic carbocycles. The lowest BCUT2D eigenvalue weighted by molar-refractivity contribution is -0.141. The molecule has 2 rings (SSSR count). The van der Waals surface area contributed by atoms with Crippen molar-refractivity contribution in [3.8, 4) is 11.5 Å². The number of carbonyl (C=O) groups excluding carboxylic acids is 4. The van der Waals surface area contributed by atoms with Gasteiger partial charge in [-0.3, -0.25) is 28.8 Å². The largest absolute Gasteiger partial charge is 0.488 e. The van der Waals surface area contributed by atoms with Gasteiger partial charge in [-0.15, -0.1) is 0 Å². The van der Waals surface area contributed by atoms with Crippen LogP contribution in [0, 0.1) is 11.6 Å². The monoisotopic (exact) mass is 768 g/mol. The van der Waals surface area contributed by atoms with Gasteiger partial charge in [0.2, 0.25) is 0 Å². The molecule has 16 nitrogen and oxygen atoms in total. The Morgan fingerprint density at radius 2 is 0.833 bits per heavy atom. The number of nitrogens with zero attached hydrogens (tertiary/aromatic N) is 2. The Labute approximate surface area is 310 Å². The maximum atomic E-state index is 15.7. The summed E-state index contributed by atoms with van der Waals surface area (Å²) in [6.45, 7) is 3.14. The minimum atomic E-state index is -1.26. The molecule has 0 aliphatic heterocycles. The number of hydrogen-bond donors (Lipinski definition) is 2. The second-order valence-electron chi connectivity index (χ2n) is 13.2. The summed E-state index contributed by atoms with van der Waals surface area (Å²) in [4.78, 5) is 75.0. The number of aliphatic carboxylic acids is 2. The van der Waals surface area contributed by atoms with E-state index in [4.69, 9.17) is 28.4 Å². The van der Waals surface area contributed by atoms with Crippen molar-refractivity contribution >= 4 is 47.2 Å². The first-order valence-electron chi connectivity index (χ1n) is 16.3. The number of hydrogen-bond acceptors (Lipinski definition) is 14. The molecule has 18 heteroatoms. The Hall–Kier alpha value is -5.68. The minimum Gasteiger partial charge on any atom is -0.488 e. The van der Waals surface area contributed by atoms with Crippen LogP contribution in [0.3, 0.4) is 0 Å². The number of esters is 4. The highest BCUT2D eigenvalue weighted by Crippen LogP contribution is 2.40. The van der Waals surface area contributed by atoms with E-state index in [1.165, 1.54) is 49.6 Å².